The van der Waals surface area contributed by atoms with Crippen LogP contribution < -0.4 is 11.2 Å². The molecule has 7 nitrogen and oxygen atoms in total. The zero-order valence-electron chi connectivity index (χ0n) is 8.57. The van der Waals surface area contributed by atoms with Crippen LogP contribution in [0.2, 0.25) is 0 Å². The maximum Gasteiger partial charge on any atom is 0.331 e. The summed E-state index contributed by atoms with van der Waals surface area (Å²) >= 11 is 0. The van der Waals surface area contributed by atoms with E-state index in [1.54, 1.807) is 20.8 Å². The number of nitrogens with one attached hydrogen (secondary N) is 1. The minimum atomic E-state index is -0.993. The van der Waals surface area contributed by atoms with Gasteiger partial charge in [-0.25, -0.2) is 4.79 Å². The van der Waals surface area contributed by atoms with Crippen molar-refractivity contribution in [2.75, 3.05) is 0 Å². The van der Waals surface area contributed by atoms with E-state index < -0.39 is 28.4 Å². The molecule has 0 unspecified atom stereocenters. The van der Waals surface area contributed by atoms with Gasteiger partial charge in [-0.3, -0.25) is 14.3 Å². The number of aromatic amines is 1. The van der Waals surface area contributed by atoms with Crippen molar-refractivity contribution < 1.29 is 5.11 Å². The summed E-state index contributed by atoms with van der Waals surface area (Å²) in [5.74, 6) is -0.716. The molecule has 0 saturated heterocycles. The Morgan fingerprint density at radius 2 is 1.87 bits per heavy atom. The van der Waals surface area contributed by atoms with Crippen LogP contribution in [0.4, 0.5) is 5.69 Å². The quantitative estimate of drug-likeness (QED) is 0.658. The SMILES string of the molecule is CC(C)(C)n1c(O)c(N=O)c(=O)[nH]c1=O. The Bertz CT molecular complexity index is 506. The first-order chi connectivity index (χ1) is 6.79. The summed E-state index contributed by atoms with van der Waals surface area (Å²) in [6.45, 7) is 4.92. The molecule has 82 valence electrons. The molecule has 1 rings (SSSR count). The van der Waals surface area contributed by atoms with Crippen LogP contribution in [-0.2, 0) is 5.54 Å². The summed E-state index contributed by atoms with van der Waals surface area (Å²) in [5.41, 5.74) is -3.22. The molecule has 0 aliphatic heterocycles. The second-order valence-corrected chi connectivity index (χ2v) is 4.03. The van der Waals surface area contributed by atoms with Gasteiger partial charge < -0.3 is 5.11 Å². The average molecular weight is 213 g/mol. The molecule has 0 fully saturated rings. The number of nitrogens with zero attached hydrogens (tertiary/aromatic N) is 2. The number of nitroso groups, excluding NO2 is 1. The maximum absolute atomic E-state index is 11.4. The van der Waals surface area contributed by atoms with Crippen LogP contribution in [0, 0.1) is 4.91 Å². The van der Waals surface area contributed by atoms with E-state index in [9.17, 15) is 19.6 Å². The minimum absolute atomic E-state index is 0.690. The van der Waals surface area contributed by atoms with Crippen LogP contribution in [0.15, 0.2) is 14.8 Å². The van der Waals surface area contributed by atoms with E-state index in [1.807, 2.05) is 4.98 Å². The van der Waals surface area contributed by atoms with Gasteiger partial charge in [0, 0.05) is 5.54 Å². The number of hydrogen-bond donors (Lipinski definition) is 2. The Morgan fingerprint density at radius 3 is 2.27 bits per heavy atom. The first-order valence-electron chi connectivity index (χ1n) is 4.21. The third-order valence-electron chi connectivity index (χ3n) is 1.82. The molecule has 15 heavy (non-hydrogen) atoms. The highest BCUT2D eigenvalue weighted by molar-refractivity contribution is 5.44. The molecule has 0 radical (unpaired) electrons. The fraction of sp³-hybridized carbons (Fsp3) is 0.500. The zero-order valence-corrected chi connectivity index (χ0v) is 8.57. The number of H-pyrrole nitrogens is 1. The van der Waals surface area contributed by atoms with Crippen molar-refractivity contribution in [2.24, 2.45) is 5.18 Å². The standard InChI is InChI=1S/C8H11N3O4/c1-8(2,3)11-6(13)4(10-15)5(12)9-7(11)14/h13H,1-3H3,(H,9,12,14). The summed E-state index contributed by atoms with van der Waals surface area (Å²) in [6, 6.07) is 0. The molecule has 0 bridgehead atoms. The van der Waals surface area contributed by atoms with Crippen molar-refractivity contribution in [1.82, 2.24) is 9.55 Å². The van der Waals surface area contributed by atoms with Crippen molar-refractivity contribution >= 4 is 5.69 Å². The van der Waals surface area contributed by atoms with Crippen molar-refractivity contribution in [3.63, 3.8) is 0 Å². The summed E-state index contributed by atoms with van der Waals surface area (Å²) < 4.78 is 0.894. The second kappa shape index (κ2) is 3.34. The van der Waals surface area contributed by atoms with Gasteiger partial charge in [-0.05, 0) is 25.9 Å². The highest BCUT2D eigenvalue weighted by atomic mass is 16.3. The van der Waals surface area contributed by atoms with Crippen molar-refractivity contribution in [3.8, 4) is 5.88 Å². The molecule has 1 aromatic rings. The van der Waals surface area contributed by atoms with Gasteiger partial charge in [-0.2, -0.15) is 0 Å². The van der Waals surface area contributed by atoms with Crippen LogP contribution in [-0.4, -0.2) is 14.7 Å². The van der Waals surface area contributed by atoms with E-state index >= 15 is 0 Å². The first-order valence-corrected chi connectivity index (χ1v) is 4.21. The Morgan fingerprint density at radius 1 is 1.33 bits per heavy atom. The number of aromatic hydroxyl groups is 1. The molecule has 1 aromatic heterocycles. The smallest absolute Gasteiger partial charge is 0.331 e. The van der Waals surface area contributed by atoms with Gasteiger partial charge in [0.15, 0.2) is 0 Å². The minimum Gasteiger partial charge on any atom is -0.493 e. The van der Waals surface area contributed by atoms with E-state index in [0.29, 0.717) is 0 Å². The lowest BCUT2D eigenvalue weighted by Crippen LogP contribution is -2.38. The lowest BCUT2D eigenvalue weighted by atomic mass is 10.1. The van der Waals surface area contributed by atoms with Crippen molar-refractivity contribution in [2.45, 2.75) is 26.3 Å². The van der Waals surface area contributed by atoms with Crippen molar-refractivity contribution in [3.05, 3.63) is 25.7 Å². The molecule has 0 aromatic carbocycles. The lowest BCUT2D eigenvalue weighted by Gasteiger charge is -2.22. The second-order valence-electron chi connectivity index (χ2n) is 4.03. The largest absolute Gasteiger partial charge is 0.493 e. The predicted octanol–water partition coefficient (Wildman–Crippen LogP) is 0.395. The van der Waals surface area contributed by atoms with Gasteiger partial charge in [0.2, 0.25) is 11.6 Å². The normalized spacial score (nSPS) is 11.4. The third-order valence-corrected chi connectivity index (χ3v) is 1.82. The van der Waals surface area contributed by atoms with Crippen LogP contribution in [0.3, 0.4) is 0 Å². The Labute approximate surface area is 84.4 Å². The molecule has 0 amide bonds. The van der Waals surface area contributed by atoms with Crippen LogP contribution >= 0.6 is 0 Å². The molecule has 2 N–H and O–H groups in total. The van der Waals surface area contributed by atoms with Gasteiger partial charge in [-0.15, -0.1) is 4.91 Å². The molecular weight excluding hydrogens is 202 g/mol. The van der Waals surface area contributed by atoms with Gasteiger partial charge in [0.1, 0.15) is 0 Å². The molecule has 0 atom stereocenters. The highest BCUT2D eigenvalue weighted by Gasteiger charge is 2.23. The summed E-state index contributed by atoms with van der Waals surface area (Å²) in [4.78, 5) is 34.6. The number of aromatic nitrogens is 2. The van der Waals surface area contributed by atoms with E-state index in [1.165, 1.54) is 0 Å². The topological polar surface area (TPSA) is 105 Å². The zero-order chi connectivity index (χ0) is 11.8. The molecule has 0 saturated carbocycles. The van der Waals surface area contributed by atoms with E-state index in [2.05, 4.69) is 5.18 Å². The van der Waals surface area contributed by atoms with Gasteiger partial charge in [0.25, 0.3) is 5.56 Å². The Hall–Kier alpha value is -1.92. The van der Waals surface area contributed by atoms with Gasteiger partial charge >= 0.3 is 5.69 Å². The Balaban J connectivity index is 3.76. The highest BCUT2D eigenvalue weighted by Crippen LogP contribution is 2.24. The fourth-order valence-electron chi connectivity index (χ4n) is 1.22. The number of hydrogen-bond acceptors (Lipinski definition) is 5. The van der Waals surface area contributed by atoms with E-state index in [4.69, 9.17) is 0 Å². The van der Waals surface area contributed by atoms with Crippen LogP contribution in [0.5, 0.6) is 5.88 Å². The molecule has 0 aliphatic carbocycles. The maximum atomic E-state index is 11.4. The Kier molecular flexibility index (Phi) is 2.48. The number of rotatable bonds is 1. The van der Waals surface area contributed by atoms with E-state index in [0.717, 1.165) is 4.57 Å². The molecular formula is C8H11N3O4. The first kappa shape index (κ1) is 11.2. The van der Waals surface area contributed by atoms with Crippen LogP contribution in [0.25, 0.3) is 0 Å². The van der Waals surface area contributed by atoms with E-state index in [-0.39, 0.29) is 0 Å². The molecule has 0 spiro atoms. The summed E-state index contributed by atoms with van der Waals surface area (Å²) in [5, 5.41) is 11.9. The lowest BCUT2D eigenvalue weighted by molar-refractivity contribution is 0.307. The molecule has 1 heterocycles. The van der Waals surface area contributed by atoms with Gasteiger partial charge in [-0.1, -0.05) is 0 Å². The third kappa shape index (κ3) is 1.80. The fourth-order valence-corrected chi connectivity index (χ4v) is 1.22. The monoisotopic (exact) mass is 213 g/mol. The van der Waals surface area contributed by atoms with Crippen LogP contribution in [0.1, 0.15) is 20.8 Å². The predicted molar refractivity (Wildman–Crippen MR) is 53.4 cm³/mol. The summed E-state index contributed by atoms with van der Waals surface area (Å²) in [7, 11) is 0. The van der Waals surface area contributed by atoms with Gasteiger partial charge in [0.05, 0.1) is 0 Å². The average Bonchev–Trinajstić information content (AvgIpc) is 2.00. The summed E-state index contributed by atoms with van der Waals surface area (Å²) in [6.07, 6.45) is 0. The molecule has 0 aliphatic rings. The molecule has 7 heteroatoms. The van der Waals surface area contributed by atoms with Crippen molar-refractivity contribution in [1.29, 1.82) is 0 Å².